The van der Waals surface area contributed by atoms with Gasteiger partial charge in [0, 0.05) is 11.8 Å². The molecule has 3 rings (SSSR count). The summed E-state index contributed by atoms with van der Waals surface area (Å²) in [5, 5.41) is 7.30. The molecule has 6 heteroatoms. The van der Waals surface area contributed by atoms with E-state index in [0.29, 0.717) is 17.5 Å². The number of rotatable bonds is 5. The number of nitrogens with one attached hydrogen (secondary N) is 1. The third-order valence-corrected chi connectivity index (χ3v) is 5.67. The molecule has 1 aliphatic rings. The molecule has 1 aromatic carbocycles. The van der Waals surface area contributed by atoms with Crippen molar-refractivity contribution in [2.45, 2.75) is 56.4 Å². The summed E-state index contributed by atoms with van der Waals surface area (Å²) >= 11 is 1.57. The Morgan fingerprint density at radius 3 is 2.67 bits per heavy atom. The van der Waals surface area contributed by atoms with Crippen LogP contribution in [0.4, 0.5) is 0 Å². The fourth-order valence-corrected chi connectivity index (χ4v) is 4.05. The van der Waals surface area contributed by atoms with E-state index >= 15 is 0 Å². The summed E-state index contributed by atoms with van der Waals surface area (Å²) in [6.07, 6.45) is 5.06. The molecule has 0 atom stereocenters. The summed E-state index contributed by atoms with van der Waals surface area (Å²) in [7, 11) is 0. The third-order valence-electron chi connectivity index (χ3n) is 4.49. The number of carbonyl (C=O) groups is 1. The van der Waals surface area contributed by atoms with Gasteiger partial charge in [-0.15, -0.1) is 11.8 Å². The minimum absolute atomic E-state index is 0.0209. The smallest absolute Gasteiger partial charge is 0.231 e. The van der Waals surface area contributed by atoms with Gasteiger partial charge in [0.2, 0.25) is 11.8 Å². The molecule has 24 heavy (non-hydrogen) atoms. The molecule has 0 radical (unpaired) electrons. The van der Waals surface area contributed by atoms with E-state index in [-0.39, 0.29) is 5.91 Å². The maximum atomic E-state index is 12.6. The van der Waals surface area contributed by atoms with Crippen molar-refractivity contribution in [2.75, 3.05) is 5.75 Å². The van der Waals surface area contributed by atoms with Crippen LogP contribution in [0.3, 0.4) is 0 Å². The largest absolute Gasteiger partial charge is 0.342 e. The summed E-state index contributed by atoms with van der Waals surface area (Å²) in [6.45, 7) is 3.84. The van der Waals surface area contributed by atoms with Crippen molar-refractivity contribution in [1.29, 1.82) is 0 Å². The van der Waals surface area contributed by atoms with Gasteiger partial charge in [-0.05, 0) is 31.4 Å². The summed E-state index contributed by atoms with van der Waals surface area (Å²) < 4.78 is 5.15. The van der Waals surface area contributed by atoms with Crippen LogP contribution < -0.4 is 5.32 Å². The Morgan fingerprint density at radius 1 is 1.25 bits per heavy atom. The van der Waals surface area contributed by atoms with Crippen LogP contribution in [0, 0.1) is 13.8 Å². The number of nitrogens with zero attached hydrogens (tertiary/aromatic N) is 2. The first kappa shape index (κ1) is 17.0. The predicted molar refractivity (Wildman–Crippen MR) is 93.8 cm³/mol. The van der Waals surface area contributed by atoms with Crippen LogP contribution in [0.2, 0.25) is 0 Å². The Morgan fingerprint density at radius 2 is 2.00 bits per heavy atom. The molecule has 0 saturated heterocycles. The normalized spacial score (nSPS) is 16.8. The summed E-state index contributed by atoms with van der Waals surface area (Å²) in [4.78, 5) is 18.1. The van der Waals surface area contributed by atoms with Crippen LogP contribution in [0.1, 0.15) is 49.4 Å². The topological polar surface area (TPSA) is 68.0 Å². The monoisotopic (exact) mass is 345 g/mol. The van der Waals surface area contributed by atoms with E-state index in [1.54, 1.807) is 18.7 Å². The molecule has 5 nitrogen and oxygen atoms in total. The molecular formula is C18H23N3O2S. The van der Waals surface area contributed by atoms with Gasteiger partial charge in [0.25, 0.3) is 0 Å². The van der Waals surface area contributed by atoms with Crippen LogP contribution in [0.15, 0.2) is 33.7 Å². The number of carbonyl (C=O) groups excluding carboxylic acids is 1. The molecule has 1 saturated carbocycles. The van der Waals surface area contributed by atoms with Crippen molar-refractivity contribution < 1.29 is 9.32 Å². The molecule has 0 aliphatic heterocycles. The van der Waals surface area contributed by atoms with Crippen molar-refractivity contribution in [2.24, 2.45) is 0 Å². The summed E-state index contributed by atoms with van der Waals surface area (Å²) in [5.41, 5.74) is 0.718. The molecule has 0 bridgehead atoms. The zero-order valence-electron chi connectivity index (χ0n) is 14.2. The van der Waals surface area contributed by atoms with Crippen molar-refractivity contribution >= 4 is 17.7 Å². The third kappa shape index (κ3) is 3.80. The molecule has 1 N–H and O–H groups in total. The fraction of sp³-hybridized carbons (Fsp3) is 0.500. The zero-order chi connectivity index (χ0) is 17.0. The molecule has 2 aromatic rings. The lowest BCUT2D eigenvalue weighted by atomic mass is 9.81. The highest BCUT2D eigenvalue weighted by Crippen LogP contribution is 2.36. The lowest BCUT2D eigenvalue weighted by Gasteiger charge is -2.35. The fourth-order valence-electron chi connectivity index (χ4n) is 3.22. The van der Waals surface area contributed by atoms with Crippen LogP contribution in [0.25, 0.3) is 0 Å². The second-order valence-corrected chi connectivity index (χ2v) is 7.40. The van der Waals surface area contributed by atoms with E-state index in [0.717, 1.165) is 30.6 Å². The van der Waals surface area contributed by atoms with E-state index < -0.39 is 5.54 Å². The van der Waals surface area contributed by atoms with Crippen molar-refractivity contribution in [1.82, 2.24) is 15.5 Å². The second-order valence-electron chi connectivity index (χ2n) is 6.38. The van der Waals surface area contributed by atoms with E-state index in [2.05, 4.69) is 28.4 Å². The molecule has 1 aromatic heterocycles. The van der Waals surface area contributed by atoms with Crippen molar-refractivity contribution in [3.8, 4) is 0 Å². The average Bonchev–Trinajstić information content (AvgIpc) is 3.02. The van der Waals surface area contributed by atoms with E-state index in [9.17, 15) is 4.79 Å². The Balaban J connectivity index is 1.69. The number of aryl methyl sites for hydroxylation is 2. The molecular weight excluding hydrogens is 322 g/mol. The van der Waals surface area contributed by atoms with Crippen LogP contribution in [-0.2, 0) is 10.3 Å². The standard InChI is InChI=1S/C18H23N3O2S/c1-13-8-4-5-9-15(13)24-12-16(22)20-18(10-6-3-7-11-18)17-19-14(2)23-21-17/h4-5,8-9H,3,6-7,10-12H2,1-2H3,(H,20,22). The number of hydrogen-bond donors (Lipinski definition) is 1. The zero-order valence-corrected chi connectivity index (χ0v) is 15.0. The van der Waals surface area contributed by atoms with Gasteiger partial charge in [0.15, 0.2) is 5.82 Å². The van der Waals surface area contributed by atoms with Crippen LogP contribution in [0.5, 0.6) is 0 Å². The number of benzene rings is 1. The van der Waals surface area contributed by atoms with Gasteiger partial charge in [-0.25, -0.2) is 0 Å². The van der Waals surface area contributed by atoms with Gasteiger partial charge in [-0.2, -0.15) is 4.98 Å². The lowest BCUT2D eigenvalue weighted by molar-refractivity contribution is -0.121. The molecule has 1 heterocycles. The van der Waals surface area contributed by atoms with Gasteiger partial charge in [0.1, 0.15) is 5.54 Å². The SMILES string of the molecule is Cc1nc(C2(NC(=O)CSc3ccccc3C)CCCCC2)no1. The van der Waals surface area contributed by atoms with E-state index in [1.165, 1.54) is 12.0 Å². The minimum Gasteiger partial charge on any atom is -0.342 e. The van der Waals surface area contributed by atoms with Gasteiger partial charge in [-0.1, -0.05) is 42.6 Å². The second kappa shape index (κ2) is 7.38. The maximum absolute atomic E-state index is 12.6. The summed E-state index contributed by atoms with van der Waals surface area (Å²) in [5.74, 6) is 1.57. The highest BCUT2D eigenvalue weighted by Gasteiger charge is 2.39. The highest BCUT2D eigenvalue weighted by atomic mass is 32.2. The van der Waals surface area contributed by atoms with Gasteiger partial charge in [0.05, 0.1) is 5.75 Å². The Kier molecular flexibility index (Phi) is 5.23. The molecule has 1 amide bonds. The molecule has 128 valence electrons. The Bertz CT molecular complexity index is 708. The summed E-state index contributed by atoms with van der Waals surface area (Å²) in [6, 6.07) is 8.12. The number of amides is 1. The predicted octanol–water partition coefficient (Wildman–Crippen LogP) is 3.75. The van der Waals surface area contributed by atoms with Gasteiger partial charge < -0.3 is 9.84 Å². The van der Waals surface area contributed by atoms with E-state index in [4.69, 9.17) is 4.52 Å². The highest BCUT2D eigenvalue weighted by molar-refractivity contribution is 8.00. The maximum Gasteiger partial charge on any atom is 0.231 e. The number of thioether (sulfide) groups is 1. The van der Waals surface area contributed by atoms with E-state index in [1.807, 2.05) is 18.2 Å². The van der Waals surface area contributed by atoms with Gasteiger partial charge >= 0.3 is 0 Å². The van der Waals surface area contributed by atoms with Crippen LogP contribution in [-0.4, -0.2) is 21.8 Å². The first-order valence-electron chi connectivity index (χ1n) is 8.39. The Hall–Kier alpha value is -1.82. The number of aromatic nitrogens is 2. The Labute approximate surface area is 146 Å². The minimum atomic E-state index is -0.473. The molecule has 1 fully saturated rings. The molecule has 0 unspecified atom stereocenters. The quantitative estimate of drug-likeness (QED) is 0.836. The molecule has 0 spiro atoms. The molecule has 1 aliphatic carbocycles. The van der Waals surface area contributed by atoms with Crippen LogP contribution >= 0.6 is 11.8 Å². The lowest BCUT2D eigenvalue weighted by Crippen LogP contribution is -2.48. The van der Waals surface area contributed by atoms with Crippen molar-refractivity contribution in [3.63, 3.8) is 0 Å². The first-order chi connectivity index (χ1) is 11.6. The number of hydrogen-bond acceptors (Lipinski definition) is 5. The average molecular weight is 345 g/mol. The first-order valence-corrected chi connectivity index (χ1v) is 9.38. The van der Waals surface area contributed by atoms with Gasteiger partial charge in [-0.3, -0.25) is 4.79 Å². The van der Waals surface area contributed by atoms with Crippen molar-refractivity contribution in [3.05, 3.63) is 41.5 Å².